The average molecular weight is 354 g/mol. The van der Waals surface area contributed by atoms with Crippen LogP contribution < -0.4 is 4.90 Å². The van der Waals surface area contributed by atoms with E-state index < -0.39 is 0 Å². The number of aryl methyl sites for hydroxylation is 2. The second-order valence-corrected chi connectivity index (χ2v) is 7.34. The normalized spacial score (nSPS) is 22.6. The zero-order valence-corrected chi connectivity index (χ0v) is 14.8. The lowest BCUT2D eigenvalue weighted by atomic mass is 9.86. The van der Waals surface area contributed by atoms with Crippen LogP contribution >= 0.6 is 0 Å². The molecular formula is C18H22N6O2. The number of anilines is 1. The summed E-state index contributed by atoms with van der Waals surface area (Å²) in [6.45, 7) is 2.03. The smallest absolute Gasteiger partial charge is 0.227 e. The SMILES string of the molecule is Cn1cc(N2CC3(CCN(C(=O)CCc4cncnc4)C3)CC2=O)cn1. The highest BCUT2D eigenvalue weighted by Gasteiger charge is 2.48. The minimum atomic E-state index is -0.127. The summed E-state index contributed by atoms with van der Waals surface area (Å²) < 4.78 is 1.70. The van der Waals surface area contributed by atoms with Crippen LogP contribution in [0, 0.1) is 5.41 Å². The maximum Gasteiger partial charge on any atom is 0.227 e. The van der Waals surface area contributed by atoms with Crippen LogP contribution in [0.2, 0.25) is 0 Å². The molecular weight excluding hydrogens is 332 g/mol. The van der Waals surface area contributed by atoms with Crippen LogP contribution in [0.1, 0.15) is 24.8 Å². The van der Waals surface area contributed by atoms with Crippen LogP contribution in [-0.4, -0.2) is 56.1 Å². The minimum absolute atomic E-state index is 0.119. The molecule has 2 aromatic heterocycles. The average Bonchev–Trinajstić information content (AvgIpc) is 3.33. The van der Waals surface area contributed by atoms with E-state index in [0.717, 1.165) is 24.2 Å². The Labute approximate surface area is 151 Å². The monoisotopic (exact) mass is 354 g/mol. The van der Waals surface area contributed by atoms with Crippen molar-refractivity contribution in [2.75, 3.05) is 24.5 Å². The van der Waals surface area contributed by atoms with E-state index in [0.29, 0.717) is 32.4 Å². The summed E-state index contributed by atoms with van der Waals surface area (Å²) in [4.78, 5) is 36.7. The van der Waals surface area contributed by atoms with Gasteiger partial charge in [0.15, 0.2) is 0 Å². The number of nitrogens with zero attached hydrogens (tertiary/aromatic N) is 6. The van der Waals surface area contributed by atoms with Crippen molar-refractivity contribution in [1.29, 1.82) is 0 Å². The van der Waals surface area contributed by atoms with Crippen molar-refractivity contribution in [2.45, 2.75) is 25.7 Å². The van der Waals surface area contributed by atoms with Crippen LogP contribution in [0.15, 0.2) is 31.1 Å². The first kappa shape index (κ1) is 16.7. The van der Waals surface area contributed by atoms with E-state index in [2.05, 4.69) is 15.1 Å². The number of carbonyl (C=O) groups excluding carboxylic acids is 2. The number of aromatic nitrogens is 4. The van der Waals surface area contributed by atoms with Gasteiger partial charge in [0.1, 0.15) is 6.33 Å². The van der Waals surface area contributed by atoms with Gasteiger partial charge in [0, 0.05) is 63.5 Å². The largest absolute Gasteiger partial charge is 0.342 e. The van der Waals surface area contributed by atoms with Crippen LogP contribution in [0.3, 0.4) is 0 Å². The topological polar surface area (TPSA) is 84.2 Å². The number of likely N-dealkylation sites (tertiary alicyclic amines) is 1. The Kier molecular flexibility index (Phi) is 4.18. The van der Waals surface area contributed by atoms with E-state index in [1.165, 1.54) is 6.33 Å². The number of hydrogen-bond donors (Lipinski definition) is 0. The van der Waals surface area contributed by atoms with Crippen molar-refractivity contribution in [2.24, 2.45) is 12.5 Å². The highest BCUT2D eigenvalue weighted by molar-refractivity contribution is 5.96. The molecule has 0 aliphatic carbocycles. The van der Waals surface area contributed by atoms with Gasteiger partial charge >= 0.3 is 0 Å². The molecule has 8 heteroatoms. The standard InChI is InChI=1S/C18H22N6O2/c1-22-10-15(9-21-22)24-12-18(6-17(24)26)4-5-23(11-18)16(25)3-2-14-7-19-13-20-8-14/h7-10,13H,2-6,11-12H2,1H3. The maximum atomic E-state index is 12.6. The van der Waals surface area contributed by atoms with Gasteiger partial charge in [-0.25, -0.2) is 9.97 Å². The third-order valence-corrected chi connectivity index (χ3v) is 5.36. The minimum Gasteiger partial charge on any atom is -0.342 e. The fourth-order valence-corrected chi connectivity index (χ4v) is 3.97. The van der Waals surface area contributed by atoms with Crippen molar-refractivity contribution >= 4 is 17.5 Å². The molecule has 0 N–H and O–H groups in total. The Bertz CT molecular complexity index is 820. The van der Waals surface area contributed by atoms with Gasteiger partial charge < -0.3 is 9.80 Å². The number of hydrogen-bond acceptors (Lipinski definition) is 5. The zero-order valence-electron chi connectivity index (χ0n) is 14.8. The van der Waals surface area contributed by atoms with Crippen LogP contribution in [-0.2, 0) is 23.1 Å². The Balaban J connectivity index is 1.37. The molecule has 0 saturated carbocycles. The second kappa shape index (κ2) is 6.51. The Morgan fingerprint density at radius 3 is 2.77 bits per heavy atom. The number of amides is 2. The molecule has 1 spiro atoms. The van der Waals surface area contributed by atoms with Crippen molar-refractivity contribution in [3.8, 4) is 0 Å². The van der Waals surface area contributed by atoms with Gasteiger partial charge in [0.25, 0.3) is 0 Å². The lowest BCUT2D eigenvalue weighted by molar-refractivity contribution is -0.130. The van der Waals surface area contributed by atoms with E-state index >= 15 is 0 Å². The van der Waals surface area contributed by atoms with Crippen molar-refractivity contribution in [1.82, 2.24) is 24.6 Å². The molecule has 8 nitrogen and oxygen atoms in total. The lowest BCUT2D eigenvalue weighted by Gasteiger charge is -2.23. The summed E-state index contributed by atoms with van der Waals surface area (Å²) in [6.07, 6.45) is 11.0. The molecule has 2 fully saturated rings. The van der Waals surface area contributed by atoms with Crippen molar-refractivity contribution in [3.05, 3.63) is 36.7 Å². The molecule has 0 radical (unpaired) electrons. The Morgan fingerprint density at radius 2 is 2.04 bits per heavy atom. The summed E-state index contributed by atoms with van der Waals surface area (Å²) in [5, 5.41) is 4.16. The maximum absolute atomic E-state index is 12.6. The van der Waals surface area contributed by atoms with E-state index in [-0.39, 0.29) is 17.2 Å². The zero-order chi connectivity index (χ0) is 18.1. The van der Waals surface area contributed by atoms with Gasteiger partial charge in [-0.3, -0.25) is 14.3 Å². The van der Waals surface area contributed by atoms with Crippen LogP contribution in [0.4, 0.5) is 5.69 Å². The first-order valence-electron chi connectivity index (χ1n) is 8.85. The molecule has 26 heavy (non-hydrogen) atoms. The second-order valence-electron chi connectivity index (χ2n) is 7.34. The molecule has 2 amide bonds. The fraction of sp³-hybridized carbons (Fsp3) is 0.500. The summed E-state index contributed by atoms with van der Waals surface area (Å²) >= 11 is 0. The number of rotatable bonds is 4. The predicted octanol–water partition coefficient (Wildman–Crippen LogP) is 0.798. The number of carbonyl (C=O) groups is 2. The van der Waals surface area contributed by atoms with E-state index in [1.54, 1.807) is 23.3 Å². The molecule has 1 unspecified atom stereocenters. The summed E-state index contributed by atoms with van der Waals surface area (Å²) in [5.74, 6) is 0.256. The molecule has 4 heterocycles. The third kappa shape index (κ3) is 3.18. The van der Waals surface area contributed by atoms with Crippen LogP contribution in [0.5, 0.6) is 0 Å². The quantitative estimate of drug-likeness (QED) is 0.811. The molecule has 2 saturated heterocycles. The molecule has 0 aromatic carbocycles. The van der Waals surface area contributed by atoms with Gasteiger partial charge in [-0.1, -0.05) is 0 Å². The van der Waals surface area contributed by atoms with Gasteiger partial charge in [0.2, 0.25) is 11.8 Å². The van der Waals surface area contributed by atoms with Crippen molar-refractivity contribution < 1.29 is 9.59 Å². The first-order chi connectivity index (χ1) is 12.5. The summed E-state index contributed by atoms with van der Waals surface area (Å²) in [5.41, 5.74) is 1.68. The Morgan fingerprint density at radius 1 is 1.23 bits per heavy atom. The van der Waals surface area contributed by atoms with Gasteiger partial charge in [-0.05, 0) is 18.4 Å². The highest BCUT2D eigenvalue weighted by atomic mass is 16.2. The molecule has 2 aliphatic heterocycles. The molecule has 1 atom stereocenters. The lowest BCUT2D eigenvalue weighted by Crippen LogP contribution is -2.34. The van der Waals surface area contributed by atoms with Gasteiger partial charge in [0.05, 0.1) is 11.9 Å². The van der Waals surface area contributed by atoms with E-state index in [1.807, 2.05) is 23.0 Å². The molecule has 136 valence electrons. The van der Waals surface area contributed by atoms with Gasteiger partial charge in [-0.2, -0.15) is 5.10 Å². The van der Waals surface area contributed by atoms with Crippen LogP contribution in [0.25, 0.3) is 0 Å². The predicted molar refractivity (Wildman–Crippen MR) is 94.2 cm³/mol. The first-order valence-corrected chi connectivity index (χ1v) is 8.85. The summed E-state index contributed by atoms with van der Waals surface area (Å²) in [6, 6.07) is 0. The highest BCUT2D eigenvalue weighted by Crippen LogP contribution is 2.41. The molecule has 4 rings (SSSR count). The van der Waals surface area contributed by atoms with Gasteiger partial charge in [-0.15, -0.1) is 0 Å². The fourth-order valence-electron chi connectivity index (χ4n) is 3.97. The Hall–Kier alpha value is -2.77. The summed E-state index contributed by atoms with van der Waals surface area (Å²) in [7, 11) is 1.84. The third-order valence-electron chi connectivity index (χ3n) is 5.36. The van der Waals surface area contributed by atoms with E-state index in [4.69, 9.17) is 0 Å². The molecule has 0 bridgehead atoms. The molecule has 2 aliphatic rings. The molecule has 2 aromatic rings. The van der Waals surface area contributed by atoms with Crippen molar-refractivity contribution in [3.63, 3.8) is 0 Å². The van der Waals surface area contributed by atoms with E-state index in [9.17, 15) is 9.59 Å².